The van der Waals surface area contributed by atoms with Crippen LogP contribution in [0.4, 0.5) is 15.8 Å². The minimum atomic E-state index is -0.637. The third-order valence-corrected chi connectivity index (χ3v) is 3.56. The second kappa shape index (κ2) is 6.13. The van der Waals surface area contributed by atoms with Crippen molar-refractivity contribution in [3.05, 3.63) is 52.3 Å². The zero-order valence-electron chi connectivity index (χ0n) is 11.6. The highest BCUT2D eigenvalue weighted by Crippen LogP contribution is 2.29. The molecule has 0 heterocycles. The van der Waals surface area contributed by atoms with Crippen LogP contribution in [0.3, 0.4) is 0 Å². The number of methoxy groups -OCH3 is 1. The first-order valence-electron chi connectivity index (χ1n) is 6.11. The lowest BCUT2D eigenvalue weighted by molar-refractivity contribution is 0.0986. The number of anilines is 2. The molecule has 0 aromatic heterocycles. The van der Waals surface area contributed by atoms with Gasteiger partial charge in [-0.15, -0.1) is 0 Å². The molecule has 2 rings (SSSR count). The van der Waals surface area contributed by atoms with Crippen molar-refractivity contribution >= 4 is 33.2 Å². The van der Waals surface area contributed by atoms with E-state index < -0.39 is 11.7 Å². The van der Waals surface area contributed by atoms with Crippen LogP contribution in [-0.2, 0) is 0 Å². The molecule has 0 aliphatic carbocycles. The molecule has 0 spiro atoms. The van der Waals surface area contributed by atoms with E-state index in [1.807, 2.05) is 0 Å². The lowest BCUT2D eigenvalue weighted by Crippen LogP contribution is -2.28. The van der Waals surface area contributed by atoms with Crippen LogP contribution in [0.1, 0.15) is 10.4 Å². The van der Waals surface area contributed by atoms with Gasteiger partial charge in [-0.3, -0.25) is 4.79 Å². The predicted molar refractivity (Wildman–Crippen MR) is 84.2 cm³/mol. The summed E-state index contributed by atoms with van der Waals surface area (Å²) in [5.74, 6) is -0.983. The molecule has 0 atom stereocenters. The van der Waals surface area contributed by atoms with E-state index in [1.54, 1.807) is 18.2 Å². The number of ether oxygens (including phenoxy) is 1. The van der Waals surface area contributed by atoms with Crippen molar-refractivity contribution in [3.8, 4) is 5.75 Å². The summed E-state index contributed by atoms with van der Waals surface area (Å²) in [6.45, 7) is 0. The van der Waals surface area contributed by atoms with Crippen molar-refractivity contribution in [1.29, 1.82) is 0 Å². The van der Waals surface area contributed by atoms with Gasteiger partial charge < -0.3 is 15.4 Å². The average Bonchev–Trinajstić information content (AvgIpc) is 2.45. The molecule has 0 aliphatic heterocycles. The first kappa shape index (κ1) is 15.3. The number of nitrogens with two attached hydrogens (primary N) is 1. The summed E-state index contributed by atoms with van der Waals surface area (Å²) in [4.78, 5) is 13.8. The van der Waals surface area contributed by atoms with Crippen molar-refractivity contribution in [3.63, 3.8) is 0 Å². The standard InChI is InChI=1S/C15H14BrFN2O2/c1-19(12-7-6-9(16)8-11(12)18)15(20)14-10(17)4-3-5-13(14)21-2/h3-8H,18H2,1-2H3. The van der Waals surface area contributed by atoms with Crippen molar-refractivity contribution in [2.45, 2.75) is 0 Å². The Balaban J connectivity index is 2.44. The number of halogens is 2. The van der Waals surface area contributed by atoms with Gasteiger partial charge in [-0.2, -0.15) is 0 Å². The number of amides is 1. The summed E-state index contributed by atoms with van der Waals surface area (Å²) in [5, 5.41) is 0. The molecular formula is C15H14BrFN2O2. The molecule has 2 N–H and O–H groups in total. The van der Waals surface area contributed by atoms with E-state index in [9.17, 15) is 9.18 Å². The van der Waals surface area contributed by atoms with Crippen molar-refractivity contribution in [2.24, 2.45) is 0 Å². The van der Waals surface area contributed by atoms with Crippen molar-refractivity contribution in [2.75, 3.05) is 24.8 Å². The molecule has 2 aromatic carbocycles. The lowest BCUT2D eigenvalue weighted by atomic mass is 10.1. The van der Waals surface area contributed by atoms with Gasteiger partial charge in [0.25, 0.3) is 5.91 Å². The molecular weight excluding hydrogens is 339 g/mol. The molecule has 0 radical (unpaired) electrons. The van der Waals surface area contributed by atoms with Gasteiger partial charge in [-0.05, 0) is 30.3 Å². The third-order valence-electron chi connectivity index (χ3n) is 3.06. The van der Waals surface area contributed by atoms with E-state index in [2.05, 4.69) is 15.9 Å². The van der Waals surface area contributed by atoms with Crippen molar-refractivity contribution in [1.82, 2.24) is 0 Å². The van der Waals surface area contributed by atoms with Crippen LogP contribution in [0.25, 0.3) is 0 Å². The van der Waals surface area contributed by atoms with Crippen LogP contribution in [0.2, 0.25) is 0 Å². The number of benzene rings is 2. The Labute approximate surface area is 130 Å². The van der Waals surface area contributed by atoms with E-state index in [0.29, 0.717) is 11.4 Å². The second-order valence-electron chi connectivity index (χ2n) is 4.38. The molecule has 0 aliphatic rings. The molecule has 2 aromatic rings. The Morgan fingerprint density at radius 3 is 2.67 bits per heavy atom. The first-order chi connectivity index (χ1) is 9.95. The summed E-state index contributed by atoms with van der Waals surface area (Å²) < 4.78 is 19.8. The zero-order valence-corrected chi connectivity index (χ0v) is 13.1. The number of nitrogen functional groups attached to an aromatic ring is 1. The Kier molecular flexibility index (Phi) is 4.47. The van der Waals surface area contributed by atoms with E-state index in [1.165, 1.54) is 37.3 Å². The Morgan fingerprint density at radius 2 is 2.05 bits per heavy atom. The minimum absolute atomic E-state index is 0.121. The minimum Gasteiger partial charge on any atom is -0.496 e. The molecule has 0 fully saturated rings. The maximum Gasteiger partial charge on any atom is 0.264 e. The Bertz CT molecular complexity index is 691. The summed E-state index contributed by atoms with van der Waals surface area (Å²) in [6.07, 6.45) is 0. The van der Waals surface area contributed by atoms with Crippen LogP contribution < -0.4 is 15.4 Å². The summed E-state index contributed by atoms with van der Waals surface area (Å²) in [5.41, 5.74) is 6.68. The largest absolute Gasteiger partial charge is 0.496 e. The summed E-state index contributed by atoms with van der Waals surface area (Å²) in [7, 11) is 2.92. The van der Waals surface area contributed by atoms with E-state index in [-0.39, 0.29) is 11.3 Å². The van der Waals surface area contributed by atoms with Gasteiger partial charge in [0, 0.05) is 11.5 Å². The van der Waals surface area contributed by atoms with Crippen LogP contribution >= 0.6 is 15.9 Å². The summed E-state index contributed by atoms with van der Waals surface area (Å²) in [6, 6.07) is 9.36. The molecule has 21 heavy (non-hydrogen) atoms. The molecule has 0 saturated carbocycles. The maximum absolute atomic E-state index is 14.0. The van der Waals surface area contributed by atoms with Gasteiger partial charge in [0.2, 0.25) is 0 Å². The Hall–Kier alpha value is -2.08. The van der Waals surface area contributed by atoms with Gasteiger partial charge in [0.1, 0.15) is 17.1 Å². The highest BCUT2D eigenvalue weighted by Gasteiger charge is 2.23. The SMILES string of the molecule is COc1cccc(F)c1C(=O)N(C)c1ccc(Br)cc1N. The van der Waals surface area contributed by atoms with E-state index in [4.69, 9.17) is 10.5 Å². The van der Waals surface area contributed by atoms with Crippen LogP contribution in [0.5, 0.6) is 5.75 Å². The number of carbonyl (C=O) groups excluding carboxylic acids is 1. The molecule has 6 heteroatoms. The average molecular weight is 353 g/mol. The fourth-order valence-corrected chi connectivity index (χ4v) is 2.37. The van der Waals surface area contributed by atoms with Crippen LogP contribution in [0.15, 0.2) is 40.9 Å². The summed E-state index contributed by atoms with van der Waals surface area (Å²) >= 11 is 3.30. The van der Waals surface area contributed by atoms with Gasteiger partial charge >= 0.3 is 0 Å². The fourth-order valence-electron chi connectivity index (χ4n) is 1.99. The van der Waals surface area contributed by atoms with E-state index in [0.717, 1.165) is 4.47 Å². The third kappa shape index (κ3) is 3.00. The molecule has 110 valence electrons. The fraction of sp³-hybridized carbons (Fsp3) is 0.133. The number of carbonyl (C=O) groups is 1. The topological polar surface area (TPSA) is 55.6 Å². The van der Waals surface area contributed by atoms with Crippen LogP contribution in [-0.4, -0.2) is 20.1 Å². The van der Waals surface area contributed by atoms with E-state index >= 15 is 0 Å². The smallest absolute Gasteiger partial charge is 0.264 e. The monoisotopic (exact) mass is 352 g/mol. The van der Waals surface area contributed by atoms with Gasteiger partial charge in [0.05, 0.1) is 18.5 Å². The number of hydrogen-bond donors (Lipinski definition) is 1. The van der Waals surface area contributed by atoms with Gasteiger partial charge in [-0.25, -0.2) is 4.39 Å². The molecule has 0 bridgehead atoms. The zero-order chi connectivity index (χ0) is 15.6. The number of rotatable bonds is 3. The highest BCUT2D eigenvalue weighted by molar-refractivity contribution is 9.10. The highest BCUT2D eigenvalue weighted by atomic mass is 79.9. The molecule has 4 nitrogen and oxygen atoms in total. The quantitative estimate of drug-likeness (QED) is 0.860. The predicted octanol–water partition coefficient (Wildman–Crippen LogP) is 3.46. The number of hydrogen-bond acceptors (Lipinski definition) is 3. The van der Waals surface area contributed by atoms with Gasteiger partial charge in [0.15, 0.2) is 0 Å². The second-order valence-corrected chi connectivity index (χ2v) is 5.30. The molecule has 0 unspecified atom stereocenters. The molecule has 1 amide bonds. The maximum atomic E-state index is 14.0. The van der Waals surface area contributed by atoms with Crippen LogP contribution in [0, 0.1) is 5.82 Å². The Morgan fingerprint density at radius 1 is 1.33 bits per heavy atom. The van der Waals surface area contributed by atoms with Gasteiger partial charge in [-0.1, -0.05) is 22.0 Å². The lowest BCUT2D eigenvalue weighted by Gasteiger charge is -2.20. The normalized spacial score (nSPS) is 10.3. The number of nitrogens with zero attached hydrogens (tertiary/aromatic N) is 1. The van der Waals surface area contributed by atoms with Crippen molar-refractivity contribution < 1.29 is 13.9 Å². The first-order valence-corrected chi connectivity index (χ1v) is 6.90. The molecule has 0 saturated heterocycles.